The minimum atomic E-state index is -0.150. The zero-order chi connectivity index (χ0) is 21.5. The summed E-state index contributed by atoms with van der Waals surface area (Å²) in [6.07, 6.45) is 5.47. The normalized spacial score (nSPS) is 18.8. The molecular weight excluding hydrogens is 390 g/mol. The second-order valence-corrected chi connectivity index (χ2v) is 8.72. The van der Waals surface area contributed by atoms with Gasteiger partial charge in [0.15, 0.2) is 0 Å². The Balaban J connectivity index is 1.38. The molecule has 1 aromatic carbocycles. The number of piperidine rings is 1. The van der Waals surface area contributed by atoms with Gasteiger partial charge in [0, 0.05) is 50.9 Å². The van der Waals surface area contributed by atoms with Crippen LogP contribution in [0.3, 0.4) is 0 Å². The van der Waals surface area contributed by atoms with Crippen LogP contribution in [0.25, 0.3) is 0 Å². The summed E-state index contributed by atoms with van der Waals surface area (Å²) in [5.41, 5.74) is 5.70. The van der Waals surface area contributed by atoms with E-state index in [1.54, 1.807) is 13.2 Å². The van der Waals surface area contributed by atoms with Crippen molar-refractivity contribution in [1.82, 2.24) is 14.8 Å². The molecule has 0 spiro atoms. The standard InChI is InChI=1S/C24H29N5O2/c1-3-8-28-9-5-17(6-10-28)29-14-16-13-20-15(11-18(16)24(29)31)12-21(27-20)22-19(25-2)4-7-26-23(22)30/h4,7,11,13,17H,3,5-6,8-10,12,14H2,1-2H3,(H2,25,26,30). The molecule has 0 bridgehead atoms. The second kappa shape index (κ2) is 7.96. The van der Waals surface area contributed by atoms with E-state index in [4.69, 9.17) is 4.99 Å². The van der Waals surface area contributed by atoms with Gasteiger partial charge in [0.2, 0.25) is 0 Å². The van der Waals surface area contributed by atoms with Gasteiger partial charge in [0.1, 0.15) is 0 Å². The molecule has 0 atom stereocenters. The molecule has 1 aromatic heterocycles. The number of fused-ring (bicyclic) bond motifs is 2. The fourth-order valence-electron chi connectivity index (χ4n) is 5.21. The molecule has 0 radical (unpaired) electrons. The van der Waals surface area contributed by atoms with E-state index in [-0.39, 0.29) is 11.5 Å². The second-order valence-electron chi connectivity index (χ2n) is 8.72. The summed E-state index contributed by atoms with van der Waals surface area (Å²) < 4.78 is 0. The Kier molecular flexibility index (Phi) is 5.14. The van der Waals surface area contributed by atoms with E-state index in [1.165, 1.54) is 6.42 Å². The lowest BCUT2D eigenvalue weighted by Crippen LogP contribution is -2.45. The third-order valence-corrected chi connectivity index (χ3v) is 6.81. The van der Waals surface area contributed by atoms with Gasteiger partial charge in [-0.3, -0.25) is 14.6 Å². The monoisotopic (exact) mass is 419 g/mol. The first-order valence-corrected chi connectivity index (χ1v) is 11.3. The van der Waals surface area contributed by atoms with Crippen LogP contribution in [0.4, 0.5) is 11.4 Å². The quantitative estimate of drug-likeness (QED) is 0.781. The van der Waals surface area contributed by atoms with Crippen molar-refractivity contribution >= 4 is 23.0 Å². The lowest BCUT2D eigenvalue weighted by atomic mass is 10.00. The smallest absolute Gasteiger partial charge is 0.259 e. The summed E-state index contributed by atoms with van der Waals surface area (Å²) in [5.74, 6) is 0.147. The predicted octanol–water partition coefficient (Wildman–Crippen LogP) is 2.92. The fourth-order valence-corrected chi connectivity index (χ4v) is 5.21. The zero-order valence-electron chi connectivity index (χ0n) is 18.2. The molecule has 162 valence electrons. The van der Waals surface area contributed by atoms with Crippen molar-refractivity contribution in [3.8, 4) is 0 Å². The highest BCUT2D eigenvalue weighted by Gasteiger charge is 2.36. The SMILES string of the molecule is CCCN1CCC(N2Cc3cc4c(cc3C2=O)CC(c2c(NC)cc[nH]c2=O)=N4)CC1. The van der Waals surface area contributed by atoms with Gasteiger partial charge in [-0.15, -0.1) is 0 Å². The molecule has 4 heterocycles. The van der Waals surface area contributed by atoms with Gasteiger partial charge < -0.3 is 20.1 Å². The number of hydrogen-bond donors (Lipinski definition) is 2. The molecule has 3 aliphatic heterocycles. The highest BCUT2D eigenvalue weighted by molar-refractivity contribution is 6.10. The average Bonchev–Trinajstić information content (AvgIpc) is 3.33. The summed E-state index contributed by atoms with van der Waals surface area (Å²) in [4.78, 5) is 37.7. The Hall–Kier alpha value is -2.93. The van der Waals surface area contributed by atoms with Crippen molar-refractivity contribution in [2.24, 2.45) is 4.99 Å². The summed E-state index contributed by atoms with van der Waals surface area (Å²) in [6, 6.07) is 6.22. The van der Waals surface area contributed by atoms with Crippen LogP contribution >= 0.6 is 0 Å². The van der Waals surface area contributed by atoms with E-state index in [0.29, 0.717) is 24.6 Å². The predicted molar refractivity (Wildman–Crippen MR) is 123 cm³/mol. The first-order valence-electron chi connectivity index (χ1n) is 11.3. The maximum Gasteiger partial charge on any atom is 0.259 e. The number of benzene rings is 1. The number of nitrogens with one attached hydrogen (secondary N) is 2. The average molecular weight is 420 g/mol. The molecule has 1 saturated heterocycles. The lowest BCUT2D eigenvalue weighted by Gasteiger charge is -2.36. The Morgan fingerprint density at radius 2 is 2.00 bits per heavy atom. The van der Waals surface area contributed by atoms with Crippen LogP contribution in [0.15, 0.2) is 34.2 Å². The topological polar surface area (TPSA) is 80.8 Å². The number of amides is 1. The number of H-pyrrole nitrogens is 1. The maximum atomic E-state index is 13.2. The van der Waals surface area contributed by atoms with Crippen molar-refractivity contribution in [3.05, 3.63) is 57.0 Å². The Labute approximate surface area is 182 Å². The van der Waals surface area contributed by atoms with Crippen molar-refractivity contribution < 1.29 is 4.79 Å². The number of likely N-dealkylation sites (tertiary alicyclic amines) is 1. The van der Waals surface area contributed by atoms with Gasteiger partial charge in [-0.2, -0.15) is 0 Å². The van der Waals surface area contributed by atoms with E-state index in [0.717, 1.165) is 66.3 Å². The summed E-state index contributed by atoms with van der Waals surface area (Å²) in [5, 5.41) is 3.08. The fraction of sp³-hybridized carbons (Fsp3) is 0.458. The molecule has 0 unspecified atom stereocenters. The molecule has 1 amide bonds. The van der Waals surface area contributed by atoms with Crippen molar-refractivity contribution in [2.45, 2.75) is 45.2 Å². The molecule has 3 aliphatic rings. The highest BCUT2D eigenvalue weighted by atomic mass is 16.2. The zero-order valence-corrected chi connectivity index (χ0v) is 18.2. The number of pyridine rings is 1. The van der Waals surface area contributed by atoms with Crippen LogP contribution in [0.2, 0.25) is 0 Å². The number of hydrogen-bond acceptors (Lipinski definition) is 5. The third kappa shape index (κ3) is 3.47. The lowest BCUT2D eigenvalue weighted by molar-refractivity contribution is 0.0597. The minimum absolute atomic E-state index is 0.147. The molecule has 7 heteroatoms. The number of aromatic nitrogens is 1. The van der Waals surface area contributed by atoms with E-state index < -0.39 is 0 Å². The number of aromatic amines is 1. The van der Waals surface area contributed by atoms with Crippen molar-refractivity contribution in [1.29, 1.82) is 0 Å². The number of carbonyl (C=O) groups is 1. The summed E-state index contributed by atoms with van der Waals surface area (Å²) in [7, 11) is 1.80. The van der Waals surface area contributed by atoms with Gasteiger partial charge in [-0.05, 0) is 55.1 Å². The molecular formula is C24H29N5O2. The molecule has 0 saturated carbocycles. The number of rotatable bonds is 5. The third-order valence-electron chi connectivity index (χ3n) is 6.81. The summed E-state index contributed by atoms with van der Waals surface area (Å²) >= 11 is 0. The Bertz CT molecular complexity index is 1110. The van der Waals surface area contributed by atoms with Crippen molar-refractivity contribution in [3.63, 3.8) is 0 Å². The van der Waals surface area contributed by atoms with E-state index in [2.05, 4.69) is 33.1 Å². The number of nitrogens with zero attached hydrogens (tertiary/aromatic N) is 3. The first kappa shape index (κ1) is 20.0. The molecule has 5 rings (SSSR count). The van der Waals surface area contributed by atoms with Crippen LogP contribution in [0, 0.1) is 0 Å². The molecule has 2 N–H and O–H groups in total. The Morgan fingerprint density at radius 1 is 1.19 bits per heavy atom. The molecule has 0 aliphatic carbocycles. The molecule has 1 fully saturated rings. The minimum Gasteiger partial charge on any atom is -0.387 e. The van der Waals surface area contributed by atoms with Crippen LogP contribution in [0.5, 0.6) is 0 Å². The van der Waals surface area contributed by atoms with Crippen LogP contribution in [-0.2, 0) is 13.0 Å². The molecule has 7 nitrogen and oxygen atoms in total. The largest absolute Gasteiger partial charge is 0.387 e. The molecule has 2 aromatic rings. The van der Waals surface area contributed by atoms with Gasteiger partial charge in [0.05, 0.1) is 22.6 Å². The van der Waals surface area contributed by atoms with Crippen LogP contribution in [-0.4, -0.2) is 59.1 Å². The van der Waals surface area contributed by atoms with E-state index >= 15 is 0 Å². The molecule has 31 heavy (non-hydrogen) atoms. The van der Waals surface area contributed by atoms with Gasteiger partial charge in [-0.1, -0.05) is 6.92 Å². The number of aliphatic imine (C=N–C) groups is 1. The van der Waals surface area contributed by atoms with Gasteiger partial charge in [-0.25, -0.2) is 0 Å². The highest BCUT2D eigenvalue weighted by Crippen LogP contribution is 2.37. The van der Waals surface area contributed by atoms with E-state index in [9.17, 15) is 9.59 Å². The summed E-state index contributed by atoms with van der Waals surface area (Å²) in [6.45, 7) is 6.17. The number of anilines is 1. The van der Waals surface area contributed by atoms with Crippen LogP contribution in [0.1, 0.15) is 53.2 Å². The maximum absolute atomic E-state index is 13.2. The van der Waals surface area contributed by atoms with Crippen molar-refractivity contribution in [2.75, 3.05) is 32.0 Å². The van der Waals surface area contributed by atoms with E-state index in [1.807, 2.05) is 12.1 Å². The van der Waals surface area contributed by atoms with Gasteiger partial charge >= 0.3 is 0 Å². The number of carbonyl (C=O) groups excluding carboxylic acids is 1. The Morgan fingerprint density at radius 3 is 2.74 bits per heavy atom. The first-order chi connectivity index (χ1) is 15.1. The van der Waals surface area contributed by atoms with Crippen LogP contribution < -0.4 is 10.9 Å². The van der Waals surface area contributed by atoms with Gasteiger partial charge in [0.25, 0.3) is 11.5 Å².